The number of nitrogens with one attached hydrogen (secondary N) is 2. The average Bonchev–Trinajstić information content (AvgIpc) is 2.64. The normalized spacial score (nSPS) is 10.9. The third-order valence-corrected chi connectivity index (χ3v) is 2.31. The molecule has 0 radical (unpaired) electrons. The fraction of sp³-hybridized carbons (Fsp3) is 0.333. The summed E-state index contributed by atoms with van der Waals surface area (Å²) in [6.07, 6.45) is 0. The molecule has 1 aromatic rings. The van der Waals surface area contributed by atoms with E-state index in [9.17, 15) is 14.7 Å². The molecule has 0 bridgehead atoms. The van der Waals surface area contributed by atoms with Crippen LogP contribution in [0.15, 0.2) is 16.8 Å². The molecule has 0 unspecified atom stereocenters. The van der Waals surface area contributed by atoms with E-state index in [0.29, 0.717) is 5.56 Å². The summed E-state index contributed by atoms with van der Waals surface area (Å²) in [4.78, 5) is 22.5. The Labute approximate surface area is 91.1 Å². The average molecular weight is 228 g/mol. The van der Waals surface area contributed by atoms with E-state index in [2.05, 4.69) is 10.9 Å². The highest BCUT2D eigenvalue weighted by molar-refractivity contribution is 7.08. The molecule has 0 aliphatic heterocycles. The Morgan fingerprint density at radius 1 is 1.40 bits per heavy atom. The largest absolute Gasteiger partial charge is 0.381 e. The maximum atomic E-state index is 11.3. The van der Waals surface area contributed by atoms with Crippen molar-refractivity contribution < 1.29 is 14.7 Å². The van der Waals surface area contributed by atoms with Gasteiger partial charge in [0.2, 0.25) is 0 Å². The van der Waals surface area contributed by atoms with Gasteiger partial charge >= 0.3 is 0 Å². The summed E-state index contributed by atoms with van der Waals surface area (Å²) in [5, 5.41) is 12.7. The first-order valence-electron chi connectivity index (χ1n) is 4.26. The van der Waals surface area contributed by atoms with Crippen LogP contribution in [0.3, 0.4) is 0 Å². The van der Waals surface area contributed by atoms with Crippen LogP contribution < -0.4 is 10.9 Å². The molecule has 1 rings (SSSR count). The van der Waals surface area contributed by atoms with Crippen LogP contribution in [-0.4, -0.2) is 22.5 Å². The smallest absolute Gasteiger partial charge is 0.270 e. The summed E-state index contributed by atoms with van der Waals surface area (Å²) in [6.45, 7) is 2.66. The van der Waals surface area contributed by atoms with E-state index in [4.69, 9.17) is 0 Å². The number of hydrogen-bond acceptors (Lipinski definition) is 4. The zero-order valence-corrected chi connectivity index (χ0v) is 9.22. The van der Waals surface area contributed by atoms with Gasteiger partial charge in [0.05, 0.1) is 5.56 Å². The summed E-state index contributed by atoms with van der Waals surface area (Å²) in [6, 6.07) is 1.64. The topological polar surface area (TPSA) is 78.4 Å². The molecule has 0 aliphatic carbocycles. The van der Waals surface area contributed by atoms with Crippen molar-refractivity contribution >= 4 is 23.2 Å². The molecule has 2 amide bonds. The van der Waals surface area contributed by atoms with Gasteiger partial charge in [0.15, 0.2) is 0 Å². The number of carbonyl (C=O) groups excluding carboxylic acids is 2. The molecule has 0 fully saturated rings. The van der Waals surface area contributed by atoms with Crippen LogP contribution in [0.1, 0.15) is 24.2 Å². The number of carbonyl (C=O) groups is 2. The number of amides is 2. The van der Waals surface area contributed by atoms with Gasteiger partial charge < -0.3 is 5.11 Å². The zero-order chi connectivity index (χ0) is 11.5. The Bertz CT molecular complexity index is 354. The number of hydrazine groups is 1. The van der Waals surface area contributed by atoms with Crippen molar-refractivity contribution in [2.45, 2.75) is 19.4 Å². The number of rotatable bonds is 2. The fourth-order valence-corrected chi connectivity index (χ4v) is 1.37. The predicted octanol–water partition coefficient (Wildman–Crippen LogP) is 0.280. The molecule has 0 saturated carbocycles. The van der Waals surface area contributed by atoms with Crippen molar-refractivity contribution in [3.63, 3.8) is 0 Å². The van der Waals surface area contributed by atoms with Gasteiger partial charge in [-0.3, -0.25) is 20.4 Å². The molecular weight excluding hydrogens is 216 g/mol. The third kappa shape index (κ3) is 3.34. The summed E-state index contributed by atoms with van der Waals surface area (Å²) >= 11 is 1.38. The van der Waals surface area contributed by atoms with Crippen molar-refractivity contribution in [1.82, 2.24) is 10.9 Å². The zero-order valence-electron chi connectivity index (χ0n) is 8.40. The summed E-state index contributed by atoms with van der Waals surface area (Å²) in [5.74, 6) is -1.07. The monoisotopic (exact) mass is 228 g/mol. The quantitative estimate of drug-likeness (QED) is 0.636. The van der Waals surface area contributed by atoms with Crippen LogP contribution in [0, 0.1) is 0 Å². The first kappa shape index (κ1) is 11.7. The van der Waals surface area contributed by atoms with E-state index in [0.717, 1.165) is 0 Å². The van der Waals surface area contributed by atoms with E-state index >= 15 is 0 Å². The number of thiophene rings is 1. The molecule has 0 spiro atoms. The number of aliphatic hydroxyl groups is 1. The third-order valence-electron chi connectivity index (χ3n) is 1.63. The van der Waals surface area contributed by atoms with E-state index < -0.39 is 17.4 Å². The minimum Gasteiger partial charge on any atom is -0.381 e. The molecule has 82 valence electrons. The van der Waals surface area contributed by atoms with Gasteiger partial charge in [0, 0.05) is 5.38 Å². The second kappa shape index (κ2) is 4.41. The molecule has 3 N–H and O–H groups in total. The van der Waals surface area contributed by atoms with E-state index in [1.807, 2.05) is 0 Å². The van der Waals surface area contributed by atoms with E-state index in [1.165, 1.54) is 25.2 Å². The molecule has 15 heavy (non-hydrogen) atoms. The van der Waals surface area contributed by atoms with Crippen LogP contribution >= 0.6 is 11.3 Å². The van der Waals surface area contributed by atoms with Crippen molar-refractivity contribution in [3.8, 4) is 0 Å². The lowest BCUT2D eigenvalue weighted by atomic mass is 10.1. The highest BCUT2D eigenvalue weighted by Gasteiger charge is 2.23. The van der Waals surface area contributed by atoms with Crippen molar-refractivity contribution in [2.24, 2.45) is 0 Å². The minimum absolute atomic E-state index is 0.408. The highest BCUT2D eigenvalue weighted by Crippen LogP contribution is 2.05. The molecule has 5 nitrogen and oxygen atoms in total. The lowest BCUT2D eigenvalue weighted by Gasteiger charge is -2.16. The maximum Gasteiger partial charge on any atom is 0.270 e. The molecule has 0 aromatic carbocycles. The van der Waals surface area contributed by atoms with Crippen LogP contribution in [0.5, 0.6) is 0 Å². The van der Waals surface area contributed by atoms with Gasteiger partial charge in [-0.2, -0.15) is 11.3 Å². The molecule has 0 atom stereocenters. The van der Waals surface area contributed by atoms with Crippen LogP contribution in [0.4, 0.5) is 0 Å². The van der Waals surface area contributed by atoms with Gasteiger partial charge in [-0.05, 0) is 25.3 Å². The van der Waals surface area contributed by atoms with Crippen LogP contribution in [0.2, 0.25) is 0 Å². The minimum atomic E-state index is -1.51. The van der Waals surface area contributed by atoms with Crippen molar-refractivity contribution in [2.75, 3.05) is 0 Å². The molecule has 1 aromatic heterocycles. The standard InChI is InChI=1S/C9H12N2O3S/c1-9(2,14)8(13)11-10-7(12)6-3-4-15-5-6/h3-5,14H,1-2H3,(H,10,12)(H,11,13). The first-order chi connectivity index (χ1) is 6.91. The highest BCUT2D eigenvalue weighted by atomic mass is 32.1. The maximum absolute atomic E-state index is 11.3. The van der Waals surface area contributed by atoms with Gasteiger partial charge in [-0.1, -0.05) is 0 Å². The summed E-state index contributed by atoms with van der Waals surface area (Å²) < 4.78 is 0. The molecule has 1 heterocycles. The van der Waals surface area contributed by atoms with Gasteiger partial charge in [0.25, 0.3) is 11.8 Å². The Kier molecular flexibility index (Phi) is 3.43. The Balaban J connectivity index is 2.45. The van der Waals surface area contributed by atoms with Crippen LogP contribution in [0.25, 0.3) is 0 Å². The summed E-state index contributed by atoms with van der Waals surface area (Å²) in [7, 11) is 0. The predicted molar refractivity (Wildman–Crippen MR) is 56.2 cm³/mol. The Hall–Kier alpha value is -1.40. The van der Waals surface area contributed by atoms with Crippen LogP contribution in [-0.2, 0) is 4.79 Å². The lowest BCUT2D eigenvalue weighted by molar-refractivity contribution is -0.137. The van der Waals surface area contributed by atoms with Crippen molar-refractivity contribution in [3.05, 3.63) is 22.4 Å². The number of hydrogen-bond donors (Lipinski definition) is 3. The second-order valence-corrected chi connectivity index (χ2v) is 4.26. The summed E-state index contributed by atoms with van der Waals surface area (Å²) in [5.41, 5.74) is 3.28. The molecular formula is C9H12N2O3S. The van der Waals surface area contributed by atoms with Gasteiger partial charge in [-0.15, -0.1) is 0 Å². The van der Waals surface area contributed by atoms with Crippen molar-refractivity contribution in [1.29, 1.82) is 0 Å². The van der Waals surface area contributed by atoms with Gasteiger partial charge in [0.1, 0.15) is 5.60 Å². The molecule has 0 aliphatic rings. The molecule has 0 saturated heterocycles. The Morgan fingerprint density at radius 2 is 2.07 bits per heavy atom. The van der Waals surface area contributed by atoms with E-state index in [1.54, 1.807) is 16.8 Å². The second-order valence-electron chi connectivity index (χ2n) is 3.48. The fourth-order valence-electron chi connectivity index (χ4n) is 0.732. The SMILES string of the molecule is CC(C)(O)C(=O)NNC(=O)c1ccsc1. The lowest BCUT2D eigenvalue weighted by Crippen LogP contribution is -2.50. The molecule has 6 heteroatoms. The van der Waals surface area contributed by atoms with E-state index in [-0.39, 0.29) is 0 Å². The van der Waals surface area contributed by atoms with Gasteiger partial charge in [-0.25, -0.2) is 0 Å². The Morgan fingerprint density at radius 3 is 2.53 bits per heavy atom. The first-order valence-corrected chi connectivity index (χ1v) is 5.21.